The SMILES string of the molecule is CC1CCCCN1C1CC1. The van der Waals surface area contributed by atoms with E-state index in [-0.39, 0.29) is 0 Å². The van der Waals surface area contributed by atoms with Crippen LogP contribution in [0, 0.1) is 0 Å². The molecule has 1 atom stereocenters. The maximum atomic E-state index is 2.71. The van der Waals surface area contributed by atoms with Gasteiger partial charge in [0, 0.05) is 12.1 Å². The van der Waals surface area contributed by atoms with Gasteiger partial charge in [-0.15, -0.1) is 0 Å². The second kappa shape index (κ2) is 2.54. The first-order valence-electron chi connectivity index (χ1n) is 4.63. The Labute approximate surface area is 63.4 Å². The maximum Gasteiger partial charge on any atom is 0.00992 e. The fourth-order valence-corrected chi connectivity index (χ4v) is 2.07. The van der Waals surface area contributed by atoms with Crippen LogP contribution in [0.3, 0.4) is 0 Å². The Morgan fingerprint density at radius 1 is 1.10 bits per heavy atom. The van der Waals surface area contributed by atoms with Crippen molar-refractivity contribution in [2.24, 2.45) is 0 Å². The van der Waals surface area contributed by atoms with Gasteiger partial charge in [-0.2, -0.15) is 0 Å². The molecule has 0 bridgehead atoms. The third-order valence-corrected chi connectivity index (χ3v) is 2.87. The van der Waals surface area contributed by atoms with Crippen LogP contribution in [-0.2, 0) is 0 Å². The fraction of sp³-hybridized carbons (Fsp3) is 1.00. The standard InChI is InChI=1S/C9H17N/c1-8-4-2-3-7-10(8)9-5-6-9/h8-9H,2-7H2,1H3. The summed E-state index contributed by atoms with van der Waals surface area (Å²) in [7, 11) is 0. The Bertz CT molecular complexity index is 118. The van der Waals surface area contributed by atoms with E-state index < -0.39 is 0 Å². The van der Waals surface area contributed by atoms with Crippen LogP contribution in [0.4, 0.5) is 0 Å². The zero-order valence-electron chi connectivity index (χ0n) is 6.84. The molecule has 0 amide bonds. The molecule has 58 valence electrons. The lowest BCUT2D eigenvalue weighted by Crippen LogP contribution is -2.38. The van der Waals surface area contributed by atoms with Crippen molar-refractivity contribution in [3.63, 3.8) is 0 Å². The summed E-state index contributed by atoms with van der Waals surface area (Å²) in [6.07, 6.45) is 7.30. The molecule has 0 radical (unpaired) electrons. The van der Waals surface area contributed by atoms with Crippen LogP contribution < -0.4 is 0 Å². The Kier molecular flexibility index (Phi) is 1.69. The molecule has 10 heavy (non-hydrogen) atoms. The van der Waals surface area contributed by atoms with Crippen molar-refractivity contribution in [2.45, 2.75) is 51.1 Å². The number of piperidine rings is 1. The molecule has 0 N–H and O–H groups in total. The number of hydrogen-bond acceptors (Lipinski definition) is 1. The van der Waals surface area contributed by atoms with Gasteiger partial charge in [0.2, 0.25) is 0 Å². The van der Waals surface area contributed by atoms with Crippen molar-refractivity contribution in [1.29, 1.82) is 0 Å². The van der Waals surface area contributed by atoms with Crippen LogP contribution in [-0.4, -0.2) is 23.5 Å². The molecule has 1 heteroatoms. The number of likely N-dealkylation sites (tertiary alicyclic amines) is 1. The maximum absolute atomic E-state index is 2.71. The smallest absolute Gasteiger partial charge is 0.00992 e. The lowest BCUT2D eigenvalue weighted by molar-refractivity contribution is 0.152. The summed E-state index contributed by atoms with van der Waals surface area (Å²) in [5, 5.41) is 0. The van der Waals surface area contributed by atoms with E-state index in [0.717, 1.165) is 12.1 Å². The van der Waals surface area contributed by atoms with Crippen molar-refractivity contribution < 1.29 is 0 Å². The van der Waals surface area contributed by atoms with Gasteiger partial charge in [0.05, 0.1) is 0 Å². The molecule has 0 aromatic rings. The summed E-state index contributed by atoms with van der Waals surface area (Å²) in [6.45, 7) is 3.77. The van der Waals surface area contributed by atoms with Gasteiger partial charge in [-0.25, -0.2) is 0 Å². The molecule has 0 aromatic carbocycles. The third kappa shape index (κ3) is 1.20. The van der Waals surface area contributed by atoms with Crippen LogP contribution in [0.1, 0.15) is 39.0 Å². The van der Waals surface area contributed by atoms with E-state index in [1.54, 1.807) is 0 Å². The normalized spacial score (nSPS) is 36.3. The highest BCUT2D eigenvalue weighted by molar-refractivity contribution is 4.88. The molecule has 0 aromatic heterocycles. The van der Waals surface area contributed by atoms with E-state index >= 15 is 0 Å². The molecule has 1 saturated carbocycles. The average molecular weight is 139 g/mol. The van der Waals surface area contributed by atoms with Gasteiger partial charge >= 0.3 is 0 Å². The molecule has 2 aliphatic rings. The van der Waals surface area contributed by atoms with E-state index in [2.05, 4.69) is 11.8 Å². The molecule has 1 heterocycles. The van der Waals surface area contributed by atoms with Crippen LogP contribution >= 0.6 is 0 Å². The Morgan fingerprint density at radius 3 is 2.50 bits per heavy atom. The fourth-order valence-electron chi connectivity index (χ4n) is 2.07. The van der Waals surface area contributed by atoms with E-state index in [0.29, 0.717) is 0 Å². The molecule has 2 fully saturated rings. The molecule has 2 rings (SSSR count). The summed E-state index contributed by atoms with van der Waals surface area (Å²) >= 11 is 0. The summed E-state index contributed by atoms with van der Waals surface area (Å²) in [5.41, 5.74) is 0. The zero-order valence-corrected chi connectivity index (χ0v) is 6.84. The average Bonchev–Trinajstić information content (AvgIpc) is 2.71. The molecule has 1 aliphatic heterocycles. The molecular weight excluding hydrogens is 122 g/mol. The van der Waals surface area contributed by atoms with Gasteiger partial charge in [-0.1, -0.05) is 6.42 Å². The summed E-state index contributed by atoms with van der Waals surface area (Å²) < 4.78 is 0. The minimum atomic E-state index is 0.890. The summed E-state index contributed by atoms with van der Waals surface area (Å²) in [6, 6.07) is 1.89. The van der Waals surface area contributed by atoms with Crippen LogP contribution in [0.15, 0.2) is 0 Å². The first-order valence-corrected chi connectivity index (χ1v) is 4.63. The Balaban J connectivity index is 1.90. The molecule has 1 saturated heterocycles. The van der Waals surface area contributed by atoms with Crippen molar-refractivity contribution in [1.82, 2.24) is 4.90 Å². The predicted octanol–water partition coefficient (Wildman–Crippen LogP) is 2.02. The zero-order chi connectivity index (χ0) is 6.97. The van der Waals surface area contributed by atoms with Gasteiger partial charge in [0.15, 0.2) is 0 Å². The highest BCUT2D eigenvalue weighted by Crippen LogP contribution is 2.32. The van der Waals surface area contributed by atoms with Gasteiger partial charge in [0.1, 0.15) is 0 Å². The predicted molar refractivity (Wildman–Crippen MR) is 43.0 cm³/mol. The largest absolute Gasteiger partial charge is 0.298 e. The first kappa shape index (κ1) is 6.66. The molecule has 1 unspecified atom stereocenters. The first-order chi connectivity index (χ1) is 4.88. The minimum Gasteiger partial charge on any atom is -0.298 e. The van der Waals surface area contributed by atoms with Gasteiger partial charge in [-0.05, 0) is 39.2 Å². The van der Waals surface area contributed by atoms with Crippen molar-refractivity contribution in [2.75, 3.05) is 6.54 Å². The third-order valence-electron chi connectivity index (χ3n) is 2.87. The Morgan fingerprint density at radius 2 is 1.90 bits per heavy atom. The molecule has 1 nitrogen and oxygen atoms in total. The van der Waals surface area contributed by atoms with E-state index in [9.17, 15) is 0 Å². The second-order valence-electron chi connectivity index (χ2n) is 3.81. The lowest BCUT2D eigenvalue weighted by Gasteiger charge is -2.33. The van der Waals surface area contributed by atoms with Crippen molar-refractivity contribution in [3.8, 4) is 0 Å². The van der Waals surface area contributed by atoms with Gasteiger partial charge in [-0.3, -0.25) is 4.90 Å². The summed E-state index contributed by atoms with van der Waals surface area (Å²) in [5.74, 6) is 0. The highest BCUT2D eigenvalue weighted by atomic mass is 15.2. The lowest BCUT2D eigenvalue weighted by atomic mass is 10.0. The minimum absolute atomic E-state index is 0.890. The number of rotatable bonds is 1. The Hall–Kier alpha value is -0.0400. The highest BCUT2D eigenvalue weighted by Gasteiger charge is 2.32. The van der Waals surface area contributed by atoms with Crippen molar-refractivity contribution in [3.05, 3.63) is 0 Å². The van der Waals surface area contributed by atoms with E-state index in [1.807, 2.05) is 0 Å². The van der Waals surface area contributed by atoms with E-state index in [4.69, 9.17) is 0 Å². The van der Waals surface area contributed by atoms with Gasteiger partial charge in [0.25, 0.3) is 0 Å². The number of nitrogens with zero attached hydrogens (tertiary/aromatic N) is 1. The molecular formula is C9H17N. The van der Waals surface area contributed by atoms with Crippen LogP contribution in [0.2, 0.25) is 0 Å². The second-order valence-corrected chi connectivity index (χ2v) is 3.81. The number of hydrogen-bond donors (Lipinski definition) is 0. The molecule has 1 aliphatic carbocycles. The quantitative estimate of drug-likeness (QED) is 0.537. The van der Waals surface area contributed by atoms with Gasteiger partial charge < -0.3 is 0 Å². The topological polar surface area (TPSA) is 3.24 Å². The monoisotopic (exact) mass is 139 g/mol. The van der Waals surface area contributed by atoms with Crippen LogP contribution in [0.25, 0.3) is 0 Å². The molecule has 0 spiro atoms. The van der Waals surface area contributed by atoms with Crippen LogP contribution in [0.5, 0.6) is 0 Å². The van der Waals surface area contributed by atoms with Crippen molar-refractivity contribution >= 4 is 0 Å². The van der Waals surface area contributed by atoms with E-state index in [1.165, 1.54) is 38.6 Å². The summed E-state index contributed by atoms with van der Waals surface area (Å²) in [4.78, 5) is 2.71.